The van der Waals surface area contributed by atoms with Crippen LogP contribution in [0.5, 0.6) is 0 Å². The van der Waals surface area contributed by atoms with E-state index in [1.165, 1.54) is 4.90 Å². The van der Waals surface area contributed by atoms with Crippen LogP contribution >= 0.6 is 12.2 Å². The van der Waals surface area contributed by atoms with Gasteiger partial charge in [-0.05, 0) is 13.8 Å². The molecule has 1 unspecified atom stereocenters. The number of hydrogen-bond donors (Lipinski definition) is 2. The van der Waals surface area contributed by atoms with Gasteiger partial charge >= 0.3 is 0 Å². The fraction of sp³-hybridized carbons (Fsp3) is 0.545. The van der Waals surface area contributed by atoms with Gasteiger partial charge in [0.05, 0.1) is 11.3 Å². The first-order chi connectivity index (χ1) is 8.25. The van der Waals surface area contributed by atoms with Crippen molar-refractivity contribution >= 4 is 28.9 Å². The molecule has 7 heteroatoms. The zero-order valence-electron chi connectivity index (χ0n) is 11.3. The lowest BCUT2D eigenvalue weighted by atomic mass is 10.2. The Kier molecular flexibility index (Phi) is 4.28. The molecule has 0 bridgehead atoms. The maximum Gasteiger partial charge on any atom is 0.244 e. The highest BCUT2D eigenvalue weighted by Crippen LogP contribution is 2.19. The first-order valence-corrected chi connectivity index (χ1v) is 5.97. The summed E-state index contributed by atoms with van der Waals surface area (Å²) in [6, 6.07) is -0.372. The summed E-state index contributed by atoms with van der Waals surface area (Å²) in [5, 5.41) is 7.36. The first kappa shape index (κ1) is 14.4. The SMILES string of the molecule is Cc1nn(C)c(NC(C)C(=O)N(C)C)c1C(N)=S. The molecule has 0 aromatic carbocycles. The van der Waals surface area contributed by atoms with E-state index >= 15 is 0 Å². The number of nitrogens with zero attached hydrogens (tertiary/aromatic N) is 3. The van der Waals surface area contributed by atoms with Gasteiger partial charge in [0.2, 0.25) is 5.91 Å². The van der Waals surface area contributed by atoms with Crippen LogP contribution in [0.4, 0.5) is 5.82 Å². The number of amides is 1. The topological polar surface area (TPSA) is 76.2 Å². The highest BCUT2D eigenvalue weighted by molar-refractivity contribution is 7.80. The molecular weight excluding hydrogens is 250 g/mol. The third-order valence-corrected chi connectivity index (χ3v) is 2.84. The third kappa shape index (κ3) is 2.79. The van der Waals surface area contributed by atoms with Crippen LogP contribution < -0.4 is 11.1 Å². The molecule has 0 spiro atoms. The number of aryl methyl sites for hydroxylation is 2. The average Bonchev–Trinajstić information content (AvgIpc) is 2.52. The van der Waals surface area contributed by atoms with Crippen molar-refractivity contribution in [1.82, 2.24) is 14.7 Å². The summed E-state index contributed by atoms with van der Waals surface area (Å²) in [5.41, 5.74) is 7.12. The van der Waals surface area contributed by atoms with Crippen LogP contribution in [0.15, 0.2) is 0 Å². The number of carbonyl (C=O) groups is 1. The van der Waals surface area contributed by atoms with E-state index < -0.39 is 0 Å². The van der Waals surface area contributed by atoms with Crippen molar-refractivity contribution < 1.29 is 4.79 Å². The van der Waals surface area contributed by atoms with Crippen LogP contribution in [0.3, 0.4) is 0 Å². The van der Waals surface area contributed by atoms with Gasteiger partial charge in [-0.1, -0.05) is 12.2 Å². The van der Waals surface area contributed by atoms with E-state index in [4.69, 9.17) is 18.0 Å². The molecule has 1 amide bonds. The van der Waals surface area contributed by atoms with Gasteiger partial charge in [0.25, 0.3) is 0 Å². The highest BCUT2D eigenvalue weighted by atomic mass is 32.1. The molecule has 0 radical (unpaired) electrons. The summed E-state index contributed by atoms with van der Waals surface area (Å²) in [7, 11) is 5.21. The normalized spacial score (nSPS) is 12.1. The van der Waals surface area contributed by atoms with E-state index in [-0.39, 0.29) is 16.9 Å². The smallest absolute Gasteiger partial charge is 0.244 e. The maximum absolute atomic E-state index is 11.8. The quantitative estimate of drug-likeness (QED) is 0.766. The molecule has 0 saturated heterocycles. The van der Waals surface area contributed by atoms with Crippen LogP contribution in [-0.2, 0) is 11.8 Å². The number of thiocarbonyl (C=S) groups is 1. The molecule has 1 aromatic rings. The summed E-state index contributed by atoms with van der Waals surface area (Å²) < 4.78 is 1.64. The van der Waals surface area contributed by atoms with Gasteiger partial charge in [-0.2, -0.15) is 5.10 Å². The van der Waals surface area contributed by atoms with E-state index in [2.05, 4.69) is 10.4 Å². The number of nitrogens with one attached hydrogen (secondary N) is 1. The largest absolute Gasteiger partial charge is 0.389 e. The summed E-state index contributed by atoms with van der Waals surface area (Å²) in [6.45, 7) is 3.62. The molecule has 1 aromatic heterocycles. The Balaban J connectivity index is 3.04. The molecule has 0 fully saturated rings. The monoisotopic (exact) mass is 269 g/mol. The van der Waals surface area contributed by atoms with Crippen LogP contribution in [0.2, 0.25) is 0 Å². The second-order valence-electron chi connectivity index (χ2n) is 4.40. The maximum atomic E-state index is 11.8. The Hall–Kier alpha value is -1.63. The fourth-order valence-corrected chi connectivity index (χ4v) is 2.02. The van der Waals surface area contributed by atoms with Crippen molar-refractivity contribution in [3.63, 3.8) is 0 Å². The lowest BCUT2D eigenvalue weighted by molar-refractivity contribution is -0.129. The Morgan fingerprint density at radius 1 is 1.56 bits per heavy atom. The predicted octanol–water partition coefficient (Wildman–Crippen LogP) is 0.251. The van der Waals surface area contributed by atoms with E-state index in [0.29, 0.717) is 11.4 Å². The van der Waals surface area contributed by atoms with Crippen molar-refractivity contribution in [3.8, 4) is 0 Å². The highest BCUT2D eigenvalue weighted by Gasteiger charge is 2.21. The Morgan fingerprint density at radius 2 is 2.11 bits per heavy atom. The Labute approximate surface area is 112 Å². The summed E-state index contributed by atoms with van der Waals surface area (Å²) >= 11 is 5.01. The molecule has 1 heterocycles. The molecule has 6 nitrogen and oxygen atoms in total. The molecular formula is C11H19N5OS. The van der Waals surface area contributed by atoms with Gasteiger partial charge in [0.15, 0.2) is 0 Å². The molecule has 100 valence electrons. The number of hydrogen-bond acceptors (Lipinski definition) is 4. The van der Waals surface area contributed by atoms with Crippen LogP contribution in [0, 0.1) is 6.92 Å². The molecule has 3 N–H and O–H groups in total. The van der Waals surface area contributed by atoms with Crippen molar-refractivity contribution in [1.29, 1.82) is 0 Å². The minimum absolute atomic E-state index is 0.0252. The number of anilines is 1. The summed E-state index contributed by atoms with van der Waals surface area (Å²) in [6.07, 6.45) is 0. The number of nitrogens with two attached hydrogens (primary N) is 1. The third-order valence-electron chi connectivity index (χ3n) is 2.63. The first-order valence-electron chi connectivity index (χ1n) is 5.56. The molecule has 0 saturated carbocycles. The van der Waals surface area contributed by atoms with Crippen LogP contribution in [0.1, 0.15) is 18.2 Å². The summed E-state index contributed by atoms with van der Waals surface area (Å²) in [5.74, 6) is 0.644. The van der Waals surface area contributed by atoms with Crippen molar-refractivity contribution in [2.24, 2.45) is 12.8 Å². The molecule has 0 aliphatic heterocycles. The van der Waals surface area contributed by atoms with Gasteiger partial charge in [-0.15, -0.1) is 0 Å². The predicted molar refractivity (Wildman–Crippen MR) is 75.6 cm³/mol. The minimum Gasteiger partial charge on any atom is -0.389 e. The number of aromatic nitrogens is 2. The van der Waals surface area contributed by atoms with Crippen LogP contribution in [-0.4, -0.2) is 45.7 Å². The van der Waals surface area contributed by atoms with Crippen molar-refractivity contribution in [3.05, 3.63) is 11.3 Å². The number of carbonyl (C=O) groups excluding carboxylic acids is 1. The van der Waals surface area contributed by atoms with Gasteiger partial charge in [0.1, 0.15) is 16.8 Å². The Morgan fingerprint density at radius 3 is 2.56 bits per heavy atom. The van der Waals surface area contributed by atoms with Crippen molar-refractivity contribution in [2.75, 3.05) is 19.4 Å². The minimum atomic E-state index is -0.372. The molecule has 0 aliphatic carbocycles. The van der Waals surface area contributed by atoms with E-state index in [1.54, 1.807) is 32.7 Å². The number of rotatable bonds is 4. The fourth-order valence-electron chi connectivity index (χ4n) is 1.77. The second-order valence-corrected chi connectivity index (χ2v) is 4.84. The lowest BCUT2D eigenvalue weighted by Gasteiger charge is -2.19. The van der Waals surface area contributed by atoms with Gasteiger partial charge in [-0.25, -0.2) is 0 Å². The summed E-state index contributed by atoms with van der Waals surface area (Å²) in [4.78, 5) is 13.6. The lowest BCUT2D eigenvalue weighted by Crippen LogP contribution is -2.37. The average molecular weight is 269 g/mol. The van der Waals surface area contributed by atoms with Gasteiger partial charge < -0.3 is 16.0 Å². The standard InChI is InChI=1S/C11H19N5OS/c1-6-8(9(12)18)10(16(5)14-6)13-7(2)11(17)15(3)4/h7,13H,1-5H3,(H2,12,18). The van der Waals surface area contributed by atoms with Crippen LogP contribution in [0.25, 0.3) is 0 Å². The van der Waals surface area contributed by atoms with Gasteiger partial charge in [-0.3, -0.25) is 9.48 Å². The molecule has 1 rings (SSSR count). The van der Waals surface area contributed by atoms with Gasteiger partial charge in [0, 0.05) is 21.1 Å². The molecule has 0 aliphatic rings. The zero-order chi connectivity index (χ0) is 14.0. The van der Waals surface area contributed by atoms with E-state index in [1.807, 2.05) is 6.92 Å². The zero-order valence-corrected chi connectivity index (χ0v) is 12.1. The Bertz CT molecular complexity index is 480. The van der Waals surface area contributed by atoms with E-state index in [0.717, 1.165) is 5.69 Å². The molecule has 18 heavy (non-hydrogen) atoms. The van der Waals surface area contributed by atoms with Crippen molar-refractivity contribution in [2.45, 2.75) is 19.9 Å². The molecule has 1 atom stereocenters. The number of likely N-dealkylation sites (N-methyl/N-ethyl adjacent to an activating group) is 1. The second kappa shape index (κ2) is 5.34. The van der Waals surface area contributed by atoms with E-state index in [9.17, 15) is 4.79 Å².